The van der Waals surface area contributed by atoms with E-state index in [1.165, 1.54) is 25.3 Å². The van der Waals surface area contributed by atoms with Crippen LogP contribution in [0, 0.1) is 17.1 Å². The van der Waals surface area contributed by atoms with Gasteiger partial charge in [0.25, 0.3) is 5.91 Å². The molecule has 0 atom stereocenters. The second-order valence-electron chi connectivity index (χ2n) is 4.61. The minimum atomic E-state index is -0.561. The van der Waals surface area contributed by atoms with E-state index in [9.17, 15) is 9.18 Å². The highest BCUT2D eigenvalue weighted by molar-refractivity contribution is 6.01. The number of rotatable bonds is 5. The average Bonchev–Trinajstić information content (AvgIpc) is 2.58. The Bertz CT molecular complexity index is 767. The van der Waals surface area contributed by atoms with Crippen LogP contribution in [0.25, 0.3) is 6.08 Å². The number of amides is 1. The van der Waals surface area contributed by atoms with Gasteiger partial charge in [0.1, 0.15) is 11.6 Å². The molecule has 1 aromatic carbocycles. The van der Waals surface area contributed by atoms with E-state index < -0.39 is 11.7 Å². The fraction of sp³-hybridized carbons (Fsp3) is 0.118. The van der Waals surface area contributed by atoms with Crippen molar-refractivity contribution in [3.8, 4) is 11.8 Å². The van der Waals surface area contributed by atoms with Gasteiger partial charge in [0, 0.05) is 18.9 Å². The zero-order valence-electron chi connectivity index (χ0n) is 12.4. The molecule has 1 N–H and O–H groups in total. The highest BCUT2D eigenvalue weighted by atomic mass is 19.1. The first kappa shape index (κ1) is 16.2. The summed E-state index contributed by atoms with van der Waals surface area (Å²) in [6.07, 6.45) is 4.57. The Labute approximate surface area is 133 Å². The Hall–Kier alpha value is -3.20. The summed E-state index contributed by atoms with van der Waals surface area (Å²) >= 11 is 0. The molecule has 0 bridgehead atoms. The zero-order chi connectivity index (χ0) is 16.7. The number of ether oxygens (including phenoxy) is 1. The van der Waals surface area contributed by atoms with Crippen molar-refractivity contribution in [3.05, 3.63) is 65.2 Å². The van der Waals surface area contributed by atoms with Gasteiger partial charge in [-0.1, -0.05) is 12.1 Å². The molecular formula is C17H14FN3O2. The van der Waals surface area contributed by atoms with Gasteiger partial charge in [0.05, 0.1) is 7.11 Å². The van der Waals surface area contributed by atoms with Crippen molar-refractivity contribution in [1.82, 2.24) is 10.3 Å². The van der Waals surface area contributed by atoms with Gasteiger partial charge in [-0.25, -0.2) is 4.39 Å². The van der Waals surface area contributed by atoms with Crippen LogP contribution in [0.3, 0.4) is 0 Å². The van der Waals surface area contributed by atoms with Gasteiger partial charge in [0.2, 0.25) is 0 Å². The molecule has 1 amide bonds. The lowest BCUT2D eigenvalue weighted by atomic mass is 10.1. The number of hydrogen-bond donors (Lipinski definition) is 1. The van der Waals surface area contributed by atoms with Gasteiger partial charge in [-0.15, -0.1) is 0 Å². The molecule has 0 radical (unpaired) electrons. The lowest BCUT2D eigenvalue weighted by molar-refractivity contribution is -0.117. The largest absolute Gasteiger partial charge is 0.494 e. The van der Waals surface area contributed by atoms with Crippen LogP contribution in [0.4, 0.5) is 4.39 Å². The summed E-state index contributed by atoms with van der Waals surface area (Å²) in [7, 11) is 1.36. The highest BCUT2D eigenvalue weighted by Crippen LogP contribution is 2.19. The number of benzene rings is 1. The van der Waals surface area contributed by atoms with Crippen molar-refractivity contribution in [1.29, 1.82) is 5.26 Å². The topological polar surface area (TPSA) is 75.0 Å². The fourth-order valence-electron chi connectivity index (χ4n) is 1.87. The first-order valence-electron chi connectivity index (χ1n) is 6.76. The van der Waals surface area contributed by atoms with Crippen LogP contribution >= 0.6 is 0 Å². The minimum absolute atomic E-state index is 0.0988. The van der Waals surface area contributed by atoms with E-state index in [4.69, 9.17) is 10.00 Å². The SMILES string of the molecule is COc1ccc(/C=C(\C#N)C(=O)NCc2cccnc2)cc1F. The number of halogens is 1. The molecule has 1 heterocycles. The second kappa shape index (κ2) is 7.71. The van der Waals surface area contributed by atoms with Gasteiger partial charge < -0.3 is 10.1 Å². The third-order valence-electron chi connectivity index (χ3n) is 3.03. The zero-order valence-corrected chi connectivity index (χ0v) is 12.4. The van der Waals surface area contributed by atoms with Crippen molar-refractivity contribution in [3.63, 3.8) is 0 Å². The molecule has 0 saturated carbocycles. The molecule has 0 saturated heterocycles. The van der Waals surface area contributed by atoms with E-state index >= 15 is 0 Å². The quantitative estimate of drug-likeness (QED) is 0.680. The summed E-state index contributed by atoms with van der Waals surface area (Å²) in [5.74, 6) is -0.997. The van der Waals surface area contributed by atoms with Crippen LogP contribution in [0.1, 0.15) is 11.1 Å². The lowest BCUT2D eigenvalue weighted by Gasteiger charge is -2.05. The van der Waals surface area contributed by atoms with Gasteiger partial charge >= 0.3 is 0 Å². The maximum Gasteiger partial charge on any atom is 0.262 e. The molecule has 2 rings (SSSR count). The van der Waals surface area contributed by atoms with Crippen molar-refractivity contribution in [2.24, 2.45) is 0 Å². The molecule has 5 nitrogen and oxygen atoms in total. The van der Waals surface area contributed by atoms with E-state index in [0.717, 1.165) is 5.56 Å². The lowest BCUT2D eigenvalue weighted by Crippen LogP contribution is -2.24. The molecule has 1 aromatic heterocycles. The number of aromatic nitrogens is 1. The van der Waals surface area contributed by atoms with Gasteiger partial charge in [-0.05, 0) is 35.4 Å². The number of hydrogen-bond acceptors (Lipinski definition) is 4. The van der Waals surface area contributed by atoms with Crippen molar-refractivity contribution in [2.75, 3.05) is 7.11 Å². The third-order valence-corrected chi connectivity index (χ3v) is 3.03. The Morgan fingerprint density at radius 3 is 2.91 bits per heavy atom. The maximum absolute atomic E-state index is 13.6. The van der Waals surface area contributed by atoms with E-state index in [1.54, 1.807) is 24.5 Å². The summed E-state index contributed by atoms with van der Waals surface area (Å²) in [6.45, 7) is 0.253. The molecule has 23 heavy (non-hydrogen) atoms. The summed E-state index contributed by atoms with van der Waals surface area (Å²) in [4.78, 5) is 16.0. The average molecular weight is 311 g/mol. The number of nitriles is 1. The molecular weight excluding hydrogens is 297 g/mol. The summed E-state index contributed by atoms with van der Waals surface area (Å²) in [5, 5.41) is 11.7. The van der Waals surface area contributed by atoms with E-state index in [1.807, 2.05) is 12.1 Å². The standard InChI is InChI=1S/C17H14FN3O2/c1-23-16-5-4-12(8-15(16)18)7-14(9-19)17(22)21-11-13-3-2-6-20-10-13/h2-8,10H,11H2,1H3,(H,21,22)/b14-7+. The van der Waals surface area contributed by atoms with Crippen LogP contribution < -0.4 is 10.1 Å². The predicted octanol–water partition coefficient (Wildman–Crippen LogP) is 2.45. The Balaban J connectivity index is 2.10. The third kappa shape index (κ3) is 4.38. The Morgan fingerprint density at radius 1 is 1.48 bits per heavy atom. The van der Waals surface area contributed by atoms with Crippen LogP contribution in [-0.2, 0) is 11.3 Å². The maximum atomic E-state index is 13.6. The molecule has 116 valence electrons. The number of methoxy groups -OCH3 is 1. The van der Waals surface area contributed by atoms with Crippen LogP contribution in [0.5, 0.6) is 5.75 Å². The first-order chi connectivity index (χ1) is 11.1. The molecule has 0 aliphatic heterocycles. The molecule has 6 heteroatoms. The molecule has 0 unspecified atom stereocenters. The van der Waals surface area contributed by atoms with Gasteiger partial charge in [0.15, 0.2) is 11.6 Å². The van der Waals surface area contributed by atoms with Gasteiger partial charge in [-0.3, -0.25) is 9.78 Å². The van der Waals surface area contributed by atoms with Crippen LogP contribution in [0.15, 0.2) is 48.3 Å². The van der Waals surface area contributed by atoms with Crippen molar-refractivity contribution in [2.45, 2.75) is 6.54 Å². The molecule has 2 aromatic rings. The smallest absolute Gasteiger partial charge is 0.262 e. The minimum Gasteiger partial charge on any atom is -0.494 e. The van der Waals surface area contributed by atoms with Gasteiger partial charge in [-0.2, -0.15) is 5.26 Å². The molecule has 0 aliphatic carbocycles. The number of nitrogens with zero attached hydrogens (tertiary/aromatic N) is 2. The predicted molar refractivity (Wildman–Crippen MR) is 82.6 cm³/mol. The summed E-state index contributed by atoms with van der Waals surface area (Å²) in [6, 6.07) is 9.57. The monoisotopic (exact) mass is 311 g/mol. The fourth-order valence-corrected chi connectivity index (χ4v) is 1.87. The Kier molecular flexibility index (Phi) is 5.42. The molecule has 0 aliphatic rings. The number of carbonyl (C=O) groups is 1. The second-order valence-corrected chi connectivity index (χ2v) is 4.61. The highest BCUT2D eigenvalue weighted by Gasteiger charge is 2.10. The van der Waals surface area contributed by atoms with Crippen molar-refractivity contribution >= 4 is 12.0 Å². The van der Waals surface area contributed by atoms with Crippen molar-refractivity contribution < 1.29 is 13.9 Å². The van der Waals surface area contributed by atoms with Crippen LogP contribution in [0.2, 0.25) is 0 Å². The molecule has 0 spiro atoms. The van der Waals surface area contributed by atoms with E-state index in [-0.39, 0.29) is 17.9 Å². The number of carbonyl (C=O) groups excluding carboxylic acids is 1. The van der Waals surface area contributed by atoms with Crippen LogP contribution in [-0.4, -0.2) is 18.0 Å². The number of pyridine rings is 1. The normalized spacial score (nSPS) is 10.7. The summed E-state index contributed by atoms with van der Waals surface area (Å²) in [5.41, 5.74) is 1.10. The first-order valence-corrected chi connectivity index (χ1v) is 6.76. The Morgan fingerprint density at radius 2 is 2.30 bits per heavy atom. The number of nitrogens with one attached hydrogen (secondary N) is 1. The van der Waals surface area contributed by atoms with E-state index in [0.29, 0.717) is 5.56 Å². The van der Waals surface area contributed by atoms with E-state index in [2.05, 4.69) is 10.3 Å². The molecule has 0 fully saturated rings. The summed E-state index contributed by atoms with van der Waals surface area (Å²) < 4.78 is 18.5.